The number of aromatic nitrogens is 1. The molecule has 1 aromatic carbocycles. The Morgan fingerprint density at radius 2 is 1.96 bits per heavy atom. The summed E-state index contributed by atoms with van der Waals surface area (Å²) >= 11 is 6.11. The molecule has 3 aromatic rings. The number of rotatable bonds is 3. The second-order valence-electron chi connectivity index (χ2n) is 6.34. The SMILES string of the molecule is CCCOC(=O)n1c2cc(Cl)ccc2c2oc(C(=O)N3CCOCC3)cc21. The van der Waals surface area contributed by atoms with E-state index in [-0.39, 0.29) is 11.7 Å². The van der Waals surface area contributed by atoms with Crippen LogP contribution in [0.4, 0.5) is 4.79 Å². The van der Waals surface area contributed by atoms with Crippen LogP contribution in [0.5, 0.6) is 0 Å². The first kappa shape index (κ1) is 17.9. The van der Waals surface area contributed by atoms with Crippen LogP contribution in [0.3, 0.4) is 0 Å². The number of nitrogens with zero attached hydrogens (tertiary/aromatic N) is 2. The molecule has 0 N–H and O–H groups in total. The number of fused-ring (bicyclic) bond motifs is 3. The van der Waals surface area contributed by atoms with Crippen LogP contribution < -0.4 is 0 Å². The van der Waals surface area contributed by atoms with Crippen LogP contribution in [0.2, 0.25) is 5.02 Å². The van der Waals surface area contributed by atoms with Crippen molar-refractivity contribution in [3.63, 3.8) is 0 Å². The highest BCUT2D eigenvalue weighted by Gasteiger charge is 2.26. The van der Waals surface area contributed by atoms with Gasteiger partial charge in [0.05, 0.1) is 30.9 Å². The average molecular weight is 391 g/mol. The van der Waals surface area contributed by atoms with Gasteiger partial charge in [-0.1, -0.05) is 18.5 Å². The molecule has 8 heteroatoms. The van der Waals surface area contributed by atoms with Crippen molar-refractivity contribution in [2.24, 2.45) is 0 Å². The fraction of sp³-hybridized carbons (Fsp3) is 0.368. The molecule has 4 rings (SSSR count). The topological polar surface area (TPSA) is 73.9 Å². The van der Waals surface area contributed by atoms with Gasteiger partial charge in [0.2, 0.25) is 0 Å². The highest BCUT2D eigenvalue weighted by molar-refractivity contribution is 6.31. The Balaban J connectivity index is 1.82. The first-order chi connectivity index (χ1) is 13.1. The molecule has 1 saturated heterocycles. The van der Waals surface area contributed by atoms with E-state index in [1.165, 1.54) is 4.57 Å². The van der Waals surface area contributed by atoms with Gasteiger partial charge in [-0.15, -0.1) is 0 Å². The van der Waals surface area contributed by atoms with E-state index in [2.05, 4.69) is 0 Å². The molecule has 0 spiro atoms. The predicted octanol–water partition coefficient (Wildman–Crippen LogP) is 3.91. The highest BCUT2D eigenvalue weighted by atomic mass is 35.5. The predicted molar refractivity (Wildman–Crippen MR) is 100 cm³/mol. The van der Waals surface area contributed by atoms with Crippen molar-refractivity contribution in [2.75, 3.05) is 32.9 Å². The van der Waals surface area contributed by atoms with Crippen molar-refractivity contribution < 1.29 is 23.5 Å². The zero-order valence-electron chi connectivity index (χ0n) is 14.9. The zero-order valence-corrected chi connectivity index (χ0v) is 15.6. The van der Waals surface area contributed by atoms with E-state index in [9.17, 15) is 9.59 Å². The molecule has 0 atom stereocenters. The van der Waals surface area contributed by atoms with Gasteiger partial charge in [-0.05, 0) is 24.6 Å². The minimum atomic E-state index is -0.523. The maximum Gasteiger partial charge on any atom is 0.419 e. The molecule has 0 bridgehead atoms. The van der Waals surface area contributed by atoms with Crippen LogP contribution in [0.15, 0.2) is 28.7 Å². The van der Waals surface area contributed by atoms with Crippen LogP contribution in [-0.2, 0) is 9.47 Å². The monoisotopic (exact) mass is 390 g/mol. The summed E-state index contributed by atoms with van der Waals surface area (Å²) in [6.07, 6.45) is 0.186. The number of hydrogen-bond donors (Lipinski definition) is 0. The Morgan fingerprint density at radius 3 is 2.70 bits per heavy atom. The Kier molecular flexibility index (Phi) is 4.80. The van der Waals surface area contributed by atoms with Crippen molar-refractivity contribution in [1.29, 1.82) is 0 Å². The van der Waals surface area contributed by atoms with Gasteiger partial charge < -0.3 is 18.8 Å². The molecule has 0 radical (unpaired) electrons. The highest BCUT2D eigenvalue weighted by Crippen LogP contribution is 2.33. The summed E-state index contributed by atoms with van der Waals surface area (Å²) < 4.78 is 17.9. The molecule has 1 aliphatic heterocycles. The fourth-order valence-corrected chi connectivity index (χ4v) is 3.40. The number of halogens is 1. The largest absolute Gasteiger partial charge is 0.449 e. The Morgan fingerprint density at radius 1 is 1.19 bits per heavy atom. The van der Waals surface area contributed by atoms with E-state index < -0.39 is 6.09 Å². The van der Waals surface area contributed by atoms with Crippen LogP contribution in [0.1, 0.15) is 23.9 Å². The number of hydrogen-bond acceptors (Lipinski definition) is 5. The van der Waals surface area contributed by atoms with E-state index in [0.29, 0.717) is 66.4 Å². The van der Waals surface area contributed by atoms with Crippen molar-refractivity contribution >= 4 is 45.6 Å². The maximum atomic E-state index is 12.7. The number of carbonyl (C=O) groups is 2. The van der Waals surface area contributed by atoms with Gasteiger partial charge >= 0.3 is 6.09 Å². The summed E-state index contributed by atoms with van der Waals surface area (Å²) in [6, 6.07) is 6.77. The Hall–Kier alpha value is -2.51. The van der Waals surface area contributed by atoms with Gasteiger partial charge in [-0.2, -0.15) is 0 Å². The van der Waals surface area contributed by atoms with Gasteiger partial charge in [0, 0.05) is 29.6 Å². The smallest absolute Gasteiger partial charge is 0.419 e. The molecule has 1 amide bonds. The number of benzene rings is 1. The number of amides is 1. The molecule has 7 nitrogen and oxygen atoms in total. The Bertz CT molecular complexity index is 1020. The molecule has 1 fully saturated rings. The Labute approximate surface area is 160 Å². The quantitative estimate of drug-likeness (QED) is 0.677. The van der Waals surface area contributed by atoms with E-state index in [1.54, 1.807) is 29.2 Å². The van der Waals surface area contributed by atoms with Crippen LogP contribution >= 0.6 is 11.6 Å². The lowest BCUT2D eigenvalue weighted by atomic mass is 10.2. The number of morpholine rings is 1. The molecule has 3 heterocycles. The van der Waals surface area contributed by atoms with E-state index in [0.717, 1.165) is 0 Å². The first-order valence-corrected chi connectivity index (χ1v) is 9.25. The molecular formula is C19H19ClN2O5. The minimum Gasteiger partial charge on any atom is -0.449 e. The normalized spacial score (nSPS) is 14.8. The zero-order chi connectivity index (χ0) is 19.0. The van der Waals surface area contributed by atoms with Crippen molar-refractivity contribution in [1.82, 2.24) is 9.47 Å². The molecule has 2 aromatic heterocycles. The third-order valence-electron chi connectivity index (χ3n) is 4.52. The van der Waals surface area contributed by atoms with Gasteiger partial charge in [-0.25, -0.2) is 9.36 Å². The lowest BCUT2D eigenvalue weighted by molar-refractivity contribution is 0.0284. The fourth-order valence-electron chi connectivity index (χ4n) is 3.23. The molecule has 0 saturated carbocycles. The number of furan rings is 1. The summed E-state index contributed by atoms with van der Waals surface area (Å²) in [4.78, 5) is 27.1. The second-order valence-corrected chi connectivity index (χ2v) is 6.78. The standard InChI is InChI=1S/C19H19ClN2O5/c1-2-7-26-19(24)22-14-10-12(20)3-4-13(14)17-15(22)11-16(27-17)18(23)21-5-8-25-9-6-21/h3-4,10-11H,2,5-9H2,1H3. The third-order valence-corrected chi connectivity index (χ3v) is 4.76. The maximum absolute atomic E-state index is 12.7. The van der Waals surface area contributed by atoms with Gasteiger partial charge in [0.15, 0.2) is 11.3 Å². The summed E-state index contributed by atoms with van der Waals surface area (Å²) in [6.45, 7) is 4.26. The van der Waals surface area contributed by atoms with Crippen molar-refractivity contribution in [3.8, 4) is 0 Å². The summed E-state index contributed by atoms with van der Waals surface area (Å²) in [5.41, 5.74) is 1.54. The third kappa shape index (κ3) is 3.17. The van der Waals surface area contributed by atoms with E-state index in [4.69, 9.17) is 25.5 Å². The molecular weight excluding hydrogens is 372 g/mol. The van der Waals surface area contributed by atoms with Crippen LogP contribution in [0, 0.1) is 0 Å². The van der Waals surface area contributed by atoms with Gasteiger partial charge in [0.1, 0.15) is 0 Å². The van der Waals surface area contributed by atoms with E-state index in [1.807, 2.05) is 6.92 Å². The van der Waals surface area contributed by atoms with Crippen LogP contribution in [-0.4, -0.2) is 54.4 Å². The first-order valence-electron chi connectivity index (χ1n) is 8.88. The van der Waals surface area contributed by atoms with E-state index >= 15 is 0 Å². The summed E-state index contributed by atoms with van der Waals surface area (Å²) in [5, 5.41) is 1.20. The molecule has 0 unspecified atom stereocenters. The summed E-state index contributed by atoms with van der Waals surface area (Å²) in [5.74, 6) is -0.0270. The minimum absolute atomic E-state index is 0.191. The lowest BCUT2D eigenvalue weighted by Gasteiger charge is -2.25. The van der Waals surface area contributed by atoms with Crippen molar-refractivity contribution in [3.05, 3.63) is 35.0 Å². The molecule has 142 valence electrons. The molecule has 1 aliphatic rings. The number of ether oxygens (including phenoxy) is 2. The van der Waals surface area contributed by atoms with Gasteiger partial charge in [-0.3, -0.25) is 4.79 Å². The molecule has 27 heavy (non-hydrogen) atoms. The second kappa shape index (κ2) is 7.25. The average Bonchev–Trinajstić information content (AvgIpc) is 3.22. The molecule has 0 aliphatic carbocycles. The van der Waals surface area contributed by atoms with Gasteiger partial charge in [0.25, 0.3) is 5.91 Å². The number of carbonyl (C=O) groups excluding carboxylic acids is 2. The van der Waals surface area contributed by atoms with Crippen molar-refractivity contribution in [2.45, 2.75) is 13.3 Å². The lowest BCUT2D eigenvalue weighted by Crippen LogP contribution is -2.40. The summed E-state index contributed by atoms with van der Waals surface area (Å²) in [7, 11) is 0. The van der Waals surface area contributed by atoms with Crippen LogP contribution in [0.25, 0.3) is 22.0 Å².